The largest absolute Gasteiger partial charge is 0.349 e. The molecule has 8 heteroatoms. The number of benzene rings is 2. The minimum Gasteiger partial charge on any atom is -0.349 e. The van der Waals surface area contributed by atoms with Crippen molar-refractivity contribution in [2.24, 2.45) is 11.8 Å². The molecule has 0 unspecified atom stereocenters. The van der Waals surface area contributed by atoms with Gasteiger partial charge in [-0.05, 0) is 73.9 Å². The normalized spacial score (nSPS) is 16.8. The van der Waals surface area contributed by atoms with E-state index in [4.69, 9.17) is 0 Å². The van der Waals surface area contributed by atoms with Crippen LogP contribution >= 0.6 is 0 Å². The van der Waals surface area contributed by atoms with Crippen molar-refractivity contribution in [3.05, 3.63) is 59.7 Å². The third-order valence-corrected chi connectivity index (χ3v) is 7.16. The smallest absolute Gasteiger partial charge is 0.227 e. The van der Waals surface area contributed by atoms with Gasteiger partial charge in [0, 0.05) is 64.2 Å². The van der Waals surface area contributed by atoms with E-state index in [1.807, 2.05) is 48.5 Å². The van der Waals surface area contributed by atoms with Crippen molar-refractivity contribution < 1.29 is 19.2 Å². The van der Waals surface area contributed by atoms with Gasteiger partial charge in [-0.3, -0.25) is 19.2 Å². The zero-order valence-electron chi connectivity index (χ0n) is 23.0. The van der Waals surface area contributed by atoms with Gasteiger partial charge in [0.15, 0.2) is 0 Å². The van der Waals surface area contributed by atoms with E-state index in [0.717, 1.165) is 22.5 Å². The summed E-state index contributed by atoms with van der Waals surface area (Å²) in [4.78, 5) is 52.3. The lowest BCUT2D eigenvalue weighted by molar-refractivity contribution is -0.129. The highest BCUT2D eigenvalue weighted by atomic mass is 16.2. The fourth-order valence-electron chi connectivity index (χ4n) is 4.57. The van der Waals surface area contributed by atoms with Crippen LogP contribution in [0.15, 0.2) is 48.5 Å². The molecule has 1 aliphatic rings. The number of carbonyl (C=O) groups is 4. The maximum atomic E-state index is 12.8. The summed E-state index contributed by atoms with van der Waals surface area (Å²) in [6.45, 7) is 0. The van der Waals surface area contributed by atoms with Crippen molar-refractivity contribution in [1.29, 1.82) is 0 Å². The Morgan fingerprint density at radius 2 is 0.921 bits per heavy atom. The van der Waals surface area contributed by atoms with Gasteiger partial charge < -0.3 is 20.4 Å². The standard InChI is InChI=1S/C30H40N4O4/c1-33(2)27(35)19-9-21-5-15-25(16-6-21)31-29(37)23-11-13-24(14-12-23)30(38)32-26-17-7-22(8-18-26)10-20-28(36)34(3)4/h5-8,15-18,23-24H,9-14,19-20H2,1-4H3,(H,31,37)(H,32,38). The summed E-state index contributed by atoms with van der Waals surface area (Å²) in [7, 11) is 7.00. The van der Waals surface area contributed by atoms with Crippen molar-refractivity contribution >= 4 is 35.0 Å². The highest BCUT2D eigenvalue weighted by Gasteiger charge is 2.30. The predicted octanol–water partition coefficient (Wildman–Crippen LogP) is 4.11. The fraction of sp³-hybridized carbons (Fsp3) is 0.467. The maximum Gasteiger partial charge on any atom is 0.227 e. The summed E-state index contributed by atoms with van der Waals surface area (Å²) in [5.74, 6) is -0.0596. The molecule has 1 aliphatic carbocycles. The number of hydrogen-bond acceptors (Lipinski definition) is 4. The molecule has 0 heterocycles. The van der Waals surface area contributed by atoms with Gasteiger partial charge in [-0.15, -0.1) is 0 Å². The molecule has 8 nitrogen and oxygen atoms in total. The van der Waals surface area contributed by atoms with E-state index in [2.05, 4.69) is 10.6 Å². The lowest BCUT2D eigenvalue weighted by Gasteiger charge is -2.27. The number of aryl methyl sites for hydroxylation is 2. The summed E-state index contributed by atoms with van der Waals surface area (Å²) in [5.41, 5.74) is 3.59. The Bertz CT molecular complexity index is 1010. The first kappa shape index (κ1) is 28.9. The Labute approximate surface area is 225 Å². The fourth-order valence-corrected chi connectivity index (χ4v) is 4.57. The molecule has 0 aromatic heterocycles. The minimum absolute atomic E-state index is 0.0114. The quantitative estimate of drug-likeness (QED) is 0.493. The Balaban J connectivity index is 1.40. The van der Waals surface area contributed by atoms with E-state index in [9.17, 15) is 19.2 Å². The number of carbonyl (C=O) groups excluding carboxylic acids is 4. The van der Waals surface area contributed by atoms with Crippen LogP contribution in [0.3, 0.4) is 0 Å². The average molecular weight is 521 g/mol. The highest BCUT2D eigenvalue weighted by molar-refractivity contribution is 5.94. The van der Waals surface area contributed by atoms with Crippen molar-refractivity contribution in [2.75, 3.05) is 38.8 Å². The van der Waals surface area contributed by atoms with Crippen molar-refractivity contribution in [3.63, 3.8) is 0 Å². The number of amides is 4. The van der Waals surface area contributed by atoms with Gasteiger partial charge >= 0.3 is 0 Å². The third-order valence-electron chi connectivity index (χ3n) is 7.16. The van der Waals surface area contributed by atoms with Crippen LogP contribution in [0.2, 0.25) is 0 Å². The topological polar surface area (TPSA) is 98.8 Å². The summed E-state index contributed by atoms with van der Waals surface area (Å²) >= 11 is 0. The van der Waals surface area contributed by atoms with Crippen LogP contribution in [0.1, 0.15) is 49.7 Å². The van der Waals surface area contributed by atoms with Gasteiger partial charge in [0.1, 0.15) is 0 Å². The van der Waals surface area contributed by atoms with E-state index in [0.29, 0.717) is 51.4 Å². The first-order chi connectivity index (χ1) is 18.1. The molecule has 204 valence electrons. The van der Waals surface area contributed by atoms with Crippen LogP contribution < -0.4 is 10.6 Å². The lowest BCUT2D eigenvalue weighted by atomic mass is 9.81. The Morgan fingerprint density at radius 1 is 0.605 bits per heavy atom. The second-order valence-electron chi connectivity index (χ2n) is 10.5. The first-order valence-electron chi connectivity index (χ1n) is 13.3. The zero-order valence-corrected chi connectivity index (χ0v) is 23.0. The van der Waals surface area contributed by atoms with E-state index in [-0.39, 0.29) is 35.5 Å². The van der Waals surface area contributed by atoms with Crippen LogP contribution in [0, 0.1) is 11.8 Å². The van der Waals surface area contributed by atoms with Crippen molar-refractivity contribution in [1.82, 2.24) is 9.80 Å². The molecule has 0 spiro atoms. The molecular weight excluding hydrogens is 480 g/mol. The van der Waals surface area contributed by atoms with Crippen LogP contribution in [0.25, 0.3) is 0 Å². The molecule has 0 radical (unpaired) electrons. The van der Waals surface area contributed by atoms with E-state index < -0.39 is 0 Å². The molecule has 2 N–H and O–H groups in total. The van der Waals surface area contributed by atoms with E-state index in [1.165, 1.54) is 0 Å². The first-order valence-corrected chi connectivity index (χ1v) is 13.3. The number of hydrogen-bond donors (Lipinski definition) is 2. The molecule has 2 aromatic carbocycles. The second kappa shape index (κ2) is 13.7. The van der Waals surface area contributed by atoms with E-state index >= 15 is 0 Å². The predicted molar refractivity (Wildman–Crippen MR) is 150 cm³/mol. The Hall–Kier alpha value is -3.68. The molecule has 2 aromatic rings. The van der Waals surface area contributed by atoms with Crippen LogP contribution in [-0.4, -0.2) is 61.6 Å². The van der Waals surface area contributed by atoms with Crippen molar-refractivity contribution in [3.8, 4) is 0 Å². The summed E-state index contributed by atoms with van der Waals surface area (Å²) < 4.78 is 0. The molecule has 0 bridgehead atoms. The molecule has 3 rings (SSSR count). The number of nitrogens with zero attached hydrogens (tertiary/aromatic N) is 2. The monoisotopic (exact) mass is 520 g/mol. The molecule has 0 atom stereocenters. The number of rotatable bonds is 10. The lowest BCUT2D eigenvalue weighted by Crippen LogP contribution is -2.32. The highest BCUT2D eigenvalue weighted by Crippen LogP contribution is 2.31. The van der Waals surface area contributed by atoms with Crippen LogP contribution in [0.5, 0.6) is 0 Å². The number of anilines is 2. The minimum atomic E-state index is -0.111. The average Bonchev–Trinajstić information content (AvgIpc) is 2.91. The van der Waals surface area contributed by atoms with Gasteiger partial charge in [-0.25, -0.2) is 0 Å². The maximum absolute atomic E-state index is 12.8. The third kappa shape index (κ3) is 8.71. The Morgan fingerprint density at radius 3 is 1.21 bits per heavy atom. The summed E-state index contributed by atoms with van der Waals surface area (Å²) in [6.07, 6.45) is 4.94. The van der Waals surface area contributed by atoms with Crippen molar-refractivity contribution in [2.45, 2.75) is 51.4 Å². The molecular formula is C30H40N4O4. The van der Waals surface area contributed by atoms with E-state index in [1.54, 1.807) is 38.0 Å². The summed E-state index contributed by atoms with van der Waals surface area (Å²) in [5, 5.41) is 5.99. The summed E-state index contributed by atoms with van der Waals surface area (Å²) in [6, 6.07) is 15.3. The molecule has 1 saturated carbocycles. The van der Waals surface area contributed by atoms with Crippen LogP contribution in [0.4, 0.5) is 11.4 Å². The van der Waals surface area contributed by atoms with Gasteiger partial charge in [-0.1, -0.05) is 24.3 Å². The SMILES string of the molecule is CN(C)C(=O)CCc1ccc(NC(=O)C2CCC(C(=O)Nc3ccc(CCC(=O)N(C)C)cc3)CC2)cc1. The van der Waals surface area contributed by atoms with Gasteiger partial charge in [0.05, 0.1) is 0 Å². The number of nitrogens with one attached hydrogen (secondary N) is 2. The molecule has 0 aliphatic heterocycles. The van der Waals surface area contributed by atoms with Crippen LogP contribution in [-0.2, 0) is 32.0 Å². The second-order valence-corrected chi connectivity index (χ2v) is 10.5. The van der Waals surface area contributed by atoms with Gasteiger partial charge in [0.2, 0.25) is 23.6 Å². The Kier molecular flexibility index (Phi) is 10.4. The molecule has 1 fully saturated rings. The zero-order chi connectivity index (χ0) is 27.7. The molecule has 4 amide bonds. The molecule has 38 heavy (non-hydrogen) atoms. The molecule has 0 saturated heterocycles. The van der Waals surface area contributed by atoms with Gasteiger partial charge in [-0.2, -0.15) is 0 Å². The van der Waals surface area contributed by atoms with Gasteiger partial charge in [0.25, 0.3) is 0 Å².